The molecule has 0 aliphatic heterocycles. The number of carbonyl (C=O) groups excluding carboxylic acids is 1. The Hall–Kier alpha value is -0.830. The Labute approximate surface area is 98.8 Å². The quantitative estimate of drug-likeness (QED) is 0.840. The van der Waals surface area contributed by atoms with E-state index in [1.807, 2.05) is 12.1 Å². The first kappa shape index (κ1) is 12.2. The zero-order valence-electron chi connectivity index (χ0n) is 9.26. The van der Waals surface area contributed by atoms with Gasteiger partial charge in [0.1, 0.15) is 11.5 Å². The molecule has 0 aromatic heterocycles. The van der Waals surface area contributed by atoms with Crippen LogP contribution in [0, 0.1) is 0 Å². The molecule has 0 amide bonds. The van der Waals surface area contributed by atoms with E-state index in [0.717, 1.165) is 22.2 Å². The molecule has 0 N–H and O–H groups in total. The molecule has 0 unspecified atom stereocenters. The smallest absolute Gasteiger partial charge is 0.136 e. The maximum absolute atomic E-state index is 11.1. The molecular weight excluding hydrogens is 256 g/mol. The first-order valence-electron chi connectivity index (χ1n) is 4.93. The van der Waals surface area contributed by atoms with Gasteiger partial charge in [-0.2, -0.15) is 0 Å². The van der Waals surface area contributed by atoms with Crippen LogP contribution >= 0.6 is 15.9 Å². The molecule has 1 rings (SSSR count). The predicted molar refractivity (Wildman–Crippen MR) is 64.5 cm³/mol. The first-order chi connectivity index (χ1) is 7.08. The molecule has 2 nitrogen and oxygen atoms in total. The molecule has 0 atom stereocenters. The number of hydrogen-bond acceptors (Lipinski definition) is 2. The summed E-state index contributed by atoms with van der Waals surface area (Å²) in [4.78, 5) is 11.1. The van der Waals surface area contributed by atoms with Crippen molar-refractivity contribution in [2.75, 3.05) is 7.11 Å². The lowest BCUT2D eigenvalue weighted by molar-refractivity contribution is -0.116. The Kier molecular flexibility index (Phi) is 4.33. The maximum atomic E-state index is 11.1. The van der Waals surface area contributed by atoms with E-state index in [4.69, 9.17) is 4.74 Å². The monoisotopic (exact) mass is 270 g/mol. The molecule has 0 spiro atoms. The zero-order valence-corrected chi connectivity index (χ0v) is 10.8. The van der Waals surface area contributed by atoms with E-state index in [0.29, 0.717) is 6.42 Å². The number of methoxy groups -OCH3 is 1. The minimum absolute atomic E-state index is 0.147. The van der Waals surface area contributed by atoms with Crippen LogP contribution in [-0.2, 0) is 17.6 Å². The number of Topliss-reactive ketones (excluding diaryl/α,β-unsaturated/α-hetero) is 1. The molecule has 0 fully saturated rings. The van der Waals surface area contributed by atoms with Gasteiger partial charge in [-0.15, -0.1) is 0 Å². The molecule has 1 aromatic carbocycles. The standard InChI is InChI=1S/C12H15BrO2/c1-4-9-6-10(5-8(2)14)12(15-3)11(13)7-9/h6-7H,4-5H2,1-3H3. The van der Waals surface area contributed by atoms with Crippen LogP contribution in [0.5, 0.6) is 5.75 Å². The van der Waals surface area contributed by atoms with Crippen molar-refractivity contribution in [2.45, 2.75) is 26.7 Å². The fourth-order valence-corrected chi connectivity index (χ4v) is 2.26. The Morgan fingerprint density at radius 1 is 1.47 bits per heavy atom. The summed E-state index contributed by atoms with van der Waals surface area (Å²) in [5.41, 5.74) is 2.16. The van der Waals surface area contributed by atoms with Crippen molar-refractivity contribution in [3.05, 3.63) is 27.7 Å². The number of ether oxygens (including phenoxy) is 1. The van der Waals surface area contributed by atoms with Crippen LogP contribution in [-0.4, -0.2) is 12.9 Å². The average molecular weight is 271 g/mol. The number of hydrogen-bond donors (Lipinski definition) is 0. The predicted octanol–water partition coefficient (Wildman–Crippen LogP) is 3.15. The minimum Gasteiger partial charge on any atom is -0.495 e. The van der Waals surface area contributed by atoms with Gasteiger partial charge in [-0.3, -0.25) is 4.79 Å². The molecule has 3 heteroatoms. The first-order valence-corrected chi connectivity index (χ1v) is 5.72. The van der Waals surface area contributed by atoms with E-state index < -0.39 is 0 Å². The van der Waals surface area contributed by atoms with Gasteiger partial charge in [0.25, 0.3) is 0 Å². The van der Waals surface area contributed by atoms with Gasteiger partial charge >= 0.3 is 0 Å². The van der Waals surface area contributed by atoms with E-state index in [9.17, 15) is 4.79 Å². The Balaban J connectivity index is 3.19. The van der Waals surface area contributed by atoms with Crippen molar-refractivity contribution < 1.29 is 9.53 Å². The molecule has 0 heterocycles. The van der Waals surface area contributed by atoms with E-state index >= 15 is 0 Å². The van der Waals surface area contributed by atoms with Crippen LogP contribution in [0.25, 0.3) is 0 Å². The number of carbonyl (C=O) groups is 1. The lowest BCUT2D eigenvalue weighted by Crippen LogP contribution is -2.01. The number of ketones is 1. The third-order valence-electron chi connectivity index (χ3n) is 2.23. The topological polar surface area (TPSA) is 26.3 Å². The summed E-state index contributed by atoms with van der Waals surface area (Å²) >= 11 is 3.45. The third-order valence-corrected chi connectivity index (χ3v) is 2.82. The van der Waals surface area contributed by atoms with Crippen molar-refractivity contribution >= 4 is 21.7 Å². The van der Waals surface area contributed by atoms with Gasteiger partial charge in [0, 0.05) is 12.0 Å². The molecule has 0 aliphatic carbocycles. The minimum atomic E-state index is 0.147. The van der Waals surface area contributed by atoms with E-state index in [2.05, 4.69) is 22.9 Å². The number of benzene rings is 1. The summed E-state index contributed by atoms with van der Waals surface area (Å²) in [5, 5.41) is 0. The van der Waals surface area contributed by atoms with Gasteiger partial charge in [-0.1, -0.05) is 13.0 Å². The number of halogens is 1. The summed E-state index contributed by atoms with van der Waals surface area (Å²) < 4.78 is 6.19. The second kappa shape index (κ2) is 5.31. The normalized spacial score (nSPS) is 10.1. The van der Waals surface area contributed by atoms with Crippen LogP contribution in [0.1, 0.15) is 25.0 Å². The van der Waals surface area contributed by atoms with Gasteiger partial charge in [0.05, 0.1) is 11.6 Å². The van der Waals surface area contributed by atoms with Crippen LogP contribution in [0.4, 0.5) is 0 Å². The molecule has 0 saturated carbocycles. The van der Waals surface area contributed by atoms with Crippen molar-refractivity contribution in [1.29, 1.82) is 0 Å². The lowest BCUT2D eigenvalue weighted by Gasteiger charge is -2.11. The molecule has 82 valence electrons. The Bertz CT molecular complexity index is 372. The van der Waals surface area contributed by atoms with Gasteiger partial charge in [-0.05, 0) is 40.9 Å². The van der Waals surface area contributed by atoms with E-state index in [-0.39, 0.29) is 5.78 Å². The summed E-state index contributed by atoms with van der Waals surface area (Å²) in [6.07, 6.45) is 1.38. The summed E-state index contributed by atoms with van der Waals surface area (Å²) in [6.45, 7) is 3.68. The lowest BCUT2D eigenvalue weighted by atomic mass is 10.0. The Morgan fingerprint density at radius 3 is 2.60 bits per heavy atom. The molecule has 0 aliphatic rings. The van der Waals surface area contributed by atoms with Gasteiger partial charge in [-0.25, -0.2) is 0 Å². The fraction of sp³-hybridized carbons (Fsp3) is 0.417. The average Bonchev–Trinajstić information content (AvgIpc) is 2.16. The van der Waals surface area contributed by atoms with Crippen molar-refractivity contribution in [1.82, 2.24) is 0 Å². The molecule has 0 radical (unpaired) electrons. The van der Waals surface area contributed by atoms with E-state index in [1.54, 1.807) is 14.0 Å². The second-order valence-corrected chi connectivity index (χ2v) is 4.36. The van der Waals surface area contributed by atoms with E-state index in [1.165, 1.54) is 5.56 Å². The largest absolute Gasteiger partial charge is 0.495 e. The SMILES string of the molecule is CCc1cc(Br)c(OC)c(CC(C)=O)c1. The summed E-state index contributed by atoms with van der Waals surface area (Å²) in [6, 6.07) is 4.06. The third kappa shape index (κ3) is 3.06. The number of aryl methyl sites for hydroxylation is 1. The van der Waals surface area contributed by atoms with Crippen LogP contribution in [0.15, 0.2) is 16.6 Å². The Morgan fingerprint density at radius 2 is 2.13 bits per heavy atom. The second-order valence-electron chi connectivity index (χ2n) is 3.50. The van der Waals surface area contributed by atoms with Crippen LogP contribution < -0.4 is 4.74 Å². The maximum Gasteiger partial charge on any atom is 0.136 e. The van der Waals surface area contributed by atoms with Gasteiger partial charge < -0.3 is 4.74 Å². The summed E-state index contributed by atoms with van der Waals surface area (Å²) in [5.74, 6) is 0.913. The zero-order chi connectivity index (χ0) is 11.4. The number of rotatable bonds is 4. The van der Waals surface area contributed by atoms with Crippen molar-refractivity contribution in [3.8, 4) is 5.75 Å². The van der Waals surface area contributed by atoms with Crippen molar-refractivity contribution in [3.63, 3.8) is 0 Å². The fourth-order valence-electron chi connectivity index (χ4n) is 1.54. The summed E-state index contributed by atoms with van der Waals surface area (Å²) in [7, 11) is 1.62. The highest BCUT2D eigenvalue weighted by molar-refractivity contribution is 9.10. The molecule has 0 bridgehead atoms. The molecular formula is C12H15BrO2. The van der Waals surface area contributed by atoms with Crippen molar-refractivity contribution in [2.24, 2.45) is 0 Å². The highest BCUT2D eigenvalue weighted by atomic mass is 79.9. The van der Waals surface area contributed by atoms with Crippen LogP contribution in [0.3, 0.4) is 0 Å². The highest BCUT2D eigenvalue weighted by Gasteiger charge is 2.10. The highest BCUT2D eigenvalue weighted by Crippen LogP contribution is 2.31. The molecule has 0 saturated heterocycles. The van der Waals surface area contributed by atoms with Gasteiger partial charge in [0.15, 0.2) is 0 Å². The molecule has 1 aromatic rings. The molecule has 15 heavy (non-hydrogen) atoms. The van der Waals surface area contributed by atoms with Gasteiger partial charge in [0.2, 0.25) is 0 Å². The van der Waals surface area contributed by atoms with Crippen LogP contribution in [0.2, 0.25) is 0 Å².